The Hall–Kier alpha value is -3.16. The van der Waals surface area contributed by atoms with Gasteiger partial charge in [0.1, 0.15) is 18.2 Å². The molecule has 1 saturated heterocycles. The fourth-order valence-electron chi connectivity index (χ4n) is 4.19. The fourth-order valence-corrected chi connectivity index (χ4v) is 4.19. The number of hydrogen-bond donors (Lipinski definition) is 0. The number of rotatable bonds is 5. The van der Waals surface area contributed by atoms with Gasteiger partial charge in [0.05, 0.1) is 23.0 Å². The van der Waals surface area contributed by atoms with E-state index < -0.39 is 0 Å². The molecule has 0 atom stereocenters. The highest BCUT2D eigenvalue weighted by molar-refractivity contribution is 5.87. The lowest BCUT2D eigenvalue weighted by molar-refractivity contribution is -0.130. The Bertz CT molecular complexity index is 1080. The topological polar surface area (TPSA) is 84.6 Å². The van der Waals surface area contributed by atoms with Crippen molar-refractivity contribution in [2.24, 2.45) is 0 Å². The second-order valence-corrected chi connectivity index (χ2v) is 8.40. The van der Waals surface area contributed by atoms with Gasteiger partial charge in [-0.2, -0.15) is 0 Å². The molecular weight excluding hydrogens is 394 g/mol. The molecule has 1 amide bonds. The van der Waals surface area contributed by atoms with Crippen LogP contribution in [0, 0.1) is 13.8 Å². The highest BCUT2D eigenvalue weighted by Crippen LogP contribution is 2.31. The summed E-state index contributed by atoms with van der Waals surface area (Å²) in [4.78, 5) is 25.8. The third-order valence-corrected chi connectivity index (χ3v) is 6.42. The third-order valence-electron chi connectivity index (χ3n) is 6.42. The van der Waals surface area contributed by atoms with E-state index in [2.05, 4.69) is 32.2 Å². The van der Waals surface area contributed by atoms with Gasteiger partial charge in [-0.1, -0.05) is 5.16 Å². The van der Waals surface area contributed by atoms with Crippen LogP contribution in [0.15, 0.2) is 29.0 Å². The molecule has 0 spiro atoms. The molecule has 0 radical (unpaired) electrons. The maximum atomic E-state index is 12.8. The summed E-state index contributed by atoms with van der Waals surface area (Å²) < 4.78 is 11.3. The summed E-state index contributed by atoms with van der Waals surface area (Å²) in [5.74, 6) is 1.52. The molecular formula is C23H27N5O3. The zero-order chi connectivity index (χ0) is 21.4. The van der Waals surface area contributed by atoms with Gasteiger partial charge in [0, 0.05) is 37.4 Å². The number of fused-ring (bicyclic) bond motifs is 1. The van der Waals surface area contributed by atoms with Crippen molar-refractivity contribution in [3.05, 3.63) is 41.5 Å². The van der Waals surface area contributed by atoms with Crippen LogP contribution in [0.5, 0.6) is 5.88 Å². The molecule has 0 bridgehead atoms. The molecule has 162 valence electrons. The molecule has 31 heavy (non-hydrogen) atoms. The first kappa shape index (κ1) is 19.8. The predicted molar refractivity (Wildman–Crippen MR) is 116 cm³/mol. The predicted octanol–water partition coefficient (Wildman–Crippen LogP) is 3.06. The van der Waals surface area contributed by atoms with Gasteiger partial charge in [-0.15, -0.1) is 0 Å². The van der Waals surface area contributed by atoms with E-state index in [1.54, 1.807) is 6.33 Å². The number of nitrogens with zero attached hydrogens (tertiary/aromatic N) is 5. The van der Waals surface area contributed by atoms with Gasteiger partial charge in [-0.05, 0) is 51.3 Å². The van der Waals surface area contributed by atoms with E-state index in [0.717, 1.165) is 59.5 Å². The average Bonchev–Trinajstić information content (AvgIpc) is 3.08. The number of piperazine rings is 1. The first-order chi connectivity index (χ1) is 15.1. The summed E-state index contributed by atoms with van der Waals surface area (Å²) in [5, 5.41) is 4.90. The molecule has 0 unspecified atom stereocenters. The molecule has 2 aromatic heterocycles. The Morgan fingerprint density at radius 2 is 1.97 bits per heavy atom. The lowest BCUT2D eigenvalue weighted by atomic mass is 9.96. The fraction of sp³-hybridized carbons (Fsp3) is 0.478. The Balaban J connectivity index is 1.26. The Morgan fingerprint density at radius 1 is 1.16 bits per heavy atom. The monoisotopic (exact) mass is 421 g/mol. The van der Waals surface area contributed by atoms with Gasteiger partial charge in [0.15, 0.2) is 0 Å². The molecule has 8 heteroatoms. The Kier molecular flexibility index (Phi) is 5.21. The van der Waals surface area contributed by atoms with E-state index in [0.29, 0.717) is 25.4 Å². The SMILES string of the molecule is Cc1noc(C)c1CC(=O)N1CCN(c2ccc3ncnc(OC4CCC4)c3c2)CC1. The molecule has 2 fully saturated rings. The highest BCUT2D eigenvalue weighted by Gasteiger charge is 2.25. The largest absolute Gasteiger partial charge is 0.474 e. The number of benzene rings is 1. The van der Waals surface area contributed by atoms with Gasteiger partial charge in [0.25, 0.3) is 0 Å². The van der Waals surface area contributed by atoms with E-state index in [1.807, 2.05) is 24.8 Å². The number of hydrogen-bond acceptors (Lipinski definition) is 7. The molecule has 1 aliphatic carbocycles. The molecule has 1 aliphatic heterocycles. The summed E-state index contributed by atoms with van der Waals surface area (Å²) >= 11 is 0. The number of carbonyl (C=O) groups is 1. The quantitative estimate of drug-likeness (QED) is 0.626. The second kappa shape index (κ2) is 8.17. The van der Waals surface area contributed by atoms with E-state index >= 15 is 0 Å². The van der Waals surface area contributed by atoms with Gasteiger partial charge >= 0.3 is 0 Å². The van der Waals surface area contributed by atoms with Crippen molar-refractivity contribution in [3.8, 4) is 5.88 Å². The van der Waals surface area contributed by atoms with E-state index in [9.17, 15) is 4.79 Å². The number of amides is 1. The van der Waals surface area contributed by atoms with Gasteiger partial charge < -0.3 is 19.1 Å². The van der Waals surface area contributed by atoms with Crippen LogP contribution in [0.4, 0.5) is 5.69 Å². The van der Waals surface area contributed by atoms with Crippen molar-refractivity contribution >= 4 is 22.5 Å². The molecule has 1 saturated carbocycles. The lowest BCUT2D eigenvalue weighted by Crippen LogP contribution is -2.49. The zero-order valence-electron chi connectivity index (χ0n) is 18.0. The summed E-state index contributed by atoms with van der Waals surface area (Å²) in [5.41, 5.74) is 3.70. The van der Waals surface area contributed by atoms with E-state index in [1.165, 1.54) is 6.42 Å². The summed E-state index contributed by atoms with van der Waals surface area (Å²) in [6, 6.07) is 6.23. The number of anilines is 1. The Morgan fingerprint density at radius 3 is 2.65 bits per heavy atom. The van der Waals surface area contributed by atoms with Crippen molar-refractivity contribution in [2.45, 2.75) is 45.6 Å². The van der Waals surface area contributed by atoms with Gasteiger partial charge in [0.2, 0.25) is 11.8 Å². The Labute approximate surface area is 181 Å². The van der Waals surface area contributed by atoms with Crippen LogP contribution < -0.4 is 9.64 Å². The van der Waals surface area contributed by atoms with Gasteiger partial charge in [-0.25, -0.2) is 9.97 Å². The second-order valence-electron chi connectivity index (χ2n) is 8.40. The van der Waals surface area contributed by atoms with Gasteiger partial charge in [-0.3, -0.25) is 4.79 Å². The standard InChI is InChI=1S/C23H27N5O3/c1-15-19(16(2)31-26-15)13-22(29)28-10-8-27(9-11-28)17-6-7-21-20(12-17)23(25-14-24-21)30-18-4-3-5-18/h6-7,12,14,18H,3-5,8-11,13H2,1-2H3. The van der Waals surface area contributed by atoms with Crippen LogP contribution in [0.3, 0.4) is 0 Å². The first-order valence-corrected chi connectivity index (χ1v) is 10.9. The third kappa shape index (κ3) is 3.94. The minimum atomic E-state index is 0.122. The van der Waals surface area contributed by atoms with E-state index in [-0.39, 0.29) is 12.0 Å². The highest BCUT2D eigenvalue weighted by atomic mass is 16.5. The van der Waals surface area contributed by atoms with Crippen LogP contribution in [0.2, 0.25) is 0 Å². The first-order valence-electron chi connectivity index (χ1n) is 10.9. The molecule has 2 aliphatic rings. The molecule has 3 aromatic rings. The number of ether oxygens (including phenoxy) is 1. The van der Waals surface area contributed by atoms with Crippen LogP contribution in [-0.4, -0.2) is 58.2 Å². The van der Waals surface area contributed by atoms with Crippen molar-refractivity contribution in [3.63, 3.8) is 0 Å². The molecule has 3 heterocycles. The molecule has 8 nitrogen and oxygen atoms in total. The molecule has 5 rings (SSSR count). The van der Waals surface area contributed by atoms with Crippen molar-refractivity contribution in [1.29, 1.82) is 0 Å². The van der Waals surface area contributed by atoms with Crippen LogP contribution in [0.1, 0.15) is 36.3 Å². The van der Waals surface area contributed by atoms with Crippen molar-refractivity contribution in [2.75, 3.05) is 31.1 Å². The van der Waals surface area contributed by atoms with Crippen LogP contribution in [0.25, 0.3) is 10.9 Å². The maximum absolute atomic E-state index is 12.8. The smallest absolute Gasteiger partial charge is 0.227 e. The summed E-state index contributed by atoms with van der Waals surface area (Å²) in [7, 11) is 0. The zero-order valence-corrected chi connectivity index (χ0v) is 18.0. The normalized spacial score (nSPS) is 17.1. The minimum absolute atomic E-state index is 0.122. The molecule has 1 aromatic carbocycles. The van der Waals surface area contributed by atoms with Crippen molar-refractivity contribution in [1.82, 2.24) is 20.0 Å². The average molecular weight is 422 g/mol. The number of aromatic nitrogens is 3. The maximum Gasteiger partial charge on any atom is 0.227 e. The molecule has 0 N–H and O–H groups in total. The minimum Gasteiger partial charge on any atom is -0.474 e. The summed E-state index contributed by atoms with van der Waals surface area (Å²) in [6.07, 6.45) is 5.59. The number of aryl methyl sites for hydroxylation is 2. The lowest BCUT2D eigenvalue weighted by Gasteiger charge is -2.36. The van der Waals surface area contributed by atoms with Crippen LogP contribution >= 0.6 is 0 Å². The van der Waals surface area contributed by atoms with Crippen molar-refractivity contribution < 1.29 is 14.1 Å². The van der Waals surface area contributed by atoms with E-state index in [4.69, 9.17) is 9.26 Å². The number of carbonyl (C=O) groups excluding carboxylic acids is 1. The van der Waals surface area contributed by atoms with Crippen LogP contribution in [-0.2, 0) is 11.2 Å². The summed E-state index contributed by atoms with van der Waals surface area (Å²) in [6.45, 7) is 6.68.